The first kappa shape index (κ1) is 18.0. The molecule has 0 N–H and O–H groups in total. The van der Waals surface area contributed by atoms with Gasteiger partial charge in [0.15, 0.2) is 5.16 Å². The first-order chi connectivity index (χ1) is 13.2. The third-order valence-electron chi connectivity index (χ3n) is 4.85. The number of fused-ring (bicyclic) bond motifs is 3. The predicted molar refractivity (Wildman–Crippen MR) is 111 cm³/mol. The van der Waals surface area contributed by atoms with Gasteiger partial charge in [0.2, 0.25) is 0 Å². The first-order valence-corrected chi connectivity index (χ1v) is 10.8. The van der Waals surface area contributed by atoms with Crippen LogP contribution in [0.25, 0.3) is 10.2 Å². The van der Waals surface area contributed by atoms with Crippen LogP contribution < -0.4 is 5.56 Å². The zero-order chi connectivity index (χ0) is 18.8. The van der Waals surface area contributed by atoms with E-state index in [1.165, 1.54) is 28.6 Å². The Bertz CT molecular complexity index is 1120. The van der Waals surface area contributed by atoms with Crippen LogP contribution in [0.15, 0.2) is 46.9 Å². The minimum atomic E-state index is 0.0374. The van der Waals surface area contributed by atoms with Gasteiger partial charge >= 0.3 is 0 Å². The van der Waals surface area contributed by atoms with Crippen molar-refractivity contribution in [1.82, 2.24) is 9.55 Å². The molecule has 0 aliphatic heterocycles. The van der Waals surface area contributed by atoms with Crippen molar-refractivity contribution in [1.29, 1.82) is 5.26 Å². The van der Waals surface area contributed by atoms with Gasteiger partial charge in [-0.2, -0.15) is 5.26 Å². The summed E-state index contributed by atoms with van der Waals surface area (Å²) in [6.07, 6.45) is 6.09. The highest BCUT2D eigenvalue weighted by Crippen LogP contribution is 2.35. The fourth-order valence-electron chi connectivity index (χ4n) is 3.52. The third-order valence-corrected chi connectivity index (χ3v) is 7.06. The molecule has 0 radical (unpaired) electrons. The summed E-state index contributed by atoms with van der Waals surface area (Å²) in [5.74, 6) is 0.601. The lowest BCUT2D eigenvalue weighted by Crippen LogP contribution is -2.23. The topological polar surface area (TPSA) is 58.7 Å². The summed E-state index contributed by atoms with van der Waals surface area (Å²) in [6, 6.07) is 9.78. The van der Waals surface area contributed by atoms with Crippen LogP contribution in [0.3, 0.4) is 0 Å². The third kappa shape index (κ3) is 3.33. The molecule has 1 aliphatic rings. The molecule has 3 aromatic rings. The van der Waals surface area contributed by atoms with Crippen LogP contribution in [0.1, 0.15) is 34.4 Å². The minimum Gasteiger partial charge on any atom is -0.283 e. The van der Waals surface area contributed by atoms with Gasteiger partial charge in [-0.05, 0) is 42.9 Å². The number of thiophene rings is 1. The lowest BCUT2D eigenvalue weighted by molar-refractivity contribution is 0.668. The van der Waals surface area contributed by atoms with Crippen molar-refractivity contribution in [3.05, 3.63) is 68.8 Å². The molecule has 0 unspecified atom stereocenters. The Hall–Kier alpha value is -2.36. The summed E-state index contributed by atoms with van der Waals surface area (Å²) in [7, 11) is 0. The van der Waals surface area contributed by atoms with E-state index in [1.54, 1.807) is 22.0 Å². The molecule has 27 heavy (non-hydrogen) atoms. The fraction of sp³-hybridized carbons (Fsp3) is 0.286. The van der Waals surface area contributed by atoms with Gasteiger partial charge in [0.25, 0.3) is 5.56 Å². The van der Waals surface area contributed by atoms with Gasteiger partial charge < -0.3 is 0 Å². The molecule has 1 aromatic carbocycles. The number of hydrogen-bond acceptors (Lipinski definition) is 5. The van der Waals surface area contributed by atoms with Crippen molar-refractivity contribution in [2.45, 2.75) is 43.1 Å². The van der Waals surface area contributed by atoms with Crippen LogP contribution in [0.2, 0.25) is 0 Å². The summed E-state index contributed by atoms with van der Waals surface area (Å²) >= 11 is 3.17. The van der Waals surface area contributed by atoms with E-state index in [4.69, 9.17) is 4.98 Å². The summed E-state index contributed by atoms with van der Waals surface area (Å²) in [5.41, 5.74) is 2.86. The van der Waals surface area contributed by atoms with Crippen LogP contribution in [0.5, 0.6) is 0 Å². The van der Waals surface area contributed by atoms with E-state index in [9.17, 15) is 10.1 Å². The van der Waals surface area contributed by atoms with E-state index in [0.29, 0.717) is 23.0 Å². The Morgan fingerprint density at radius 3 is 2.96 bits per heavy atom. The predicted octanol–water partition coefficient (Wildman–Crippen LogP) is 4.69. The van der Waals surface area contributed by atoms with E-state index in [1.807, 2.05) is 24.3 Å². The maximum absolute atomic E-state index is 13.2. The smallest absolute Gasteiger partial charge is 0.263 e. The number of hydrogen-bond donors (Lipinski definition) is 0. The van der Waals surface area contributed by atoms with Crippen LogP contribution in [0.4, 0.5) is 0 Å². The number of allylic oxidation sites excluding steroid dienone is 1. The zero-order valence-corrected chi connectivity index (χ0v) is 16.5. The molecule has 2 heterocycles. The first-order valence-electron chi connectivity index (χ1n) is 8.99. The lowest BCUT2D eigenvalue weighted by Gasteiger charge is -2.12. The second-order valence-electron chi connectivity index (χ2n) is 6.55. The molecule has 2 aromatic heterocycles. The van der Waals surface area contributed by atoms with Crippen molar-refractivity contribution in [3.63, 3.8) is 0 Å². The molecule has 4 nitrogen and oxygen atoms in total. The summed E-state index contributed by atoms with van der Waals surface area (Å²) < 4.78 is 1.72. The number of nitrogens with zero attached hydrogens (tertiary/aromatic N) is 3. The molecule has 136 valence electrons. The van der Waals surface area contributed by atoms with Crippen molar-refractivity contribution in [2.24, 2.45) is 0 Å². The second kappa shape index (κ2) is 7.71. The Morgan fingerprint density at radius 1 is 1.33 bits per heavy atom. The summed E-state index contributed by atoms with van der Waals surface area (Å²) in [4.78, 5) is 20.2. The van der Waals surface area contributed by atoms with E-state index in [2.05, 4.69) is 12.6 Å². The molecular weight excluding hydrogens is 374 g/mol. The molecule has 0 spiro atoms. The number of thioether (sulfide) groups is 1. The summed E-state index contributed by atoms with van der Waals surface area (Å²) in [5, 5.41) is 10.8. The fourth-order valence-corrected chi connectivity index (χ4v) is 5.83. The summed E-state index contributed by atoms with van der Waals surface area (Å²) in [6.45, 7) is 4.24. The Balaban J connectivity index is 1.77. The van der Waals surface area contributed by atoms with Gasteiger partial charge in [0.1, 0.15) is 4.83 Å². The van der Waals surface area contributed by atoms with Crippen LogP contribution in [-0.4, -0.2) is 9.55 Å². The average Bonchev–Trinajstić information content (AvgIpc) is 3.07. The molecule has 0 saturated heterocycles. The molecule has 0 amide bonds. The largest absolute Gasteiger partial charge is 0.283 e. The van der Waals surface area contributed by atoms with E-state index in [0.717, 1.165) is 35.0 Å². The van der Waals surface area contributed by atoms with Crippen LogP contribution in [0, 0.1) is 11.3 Å². The number of rotatable bonds is 5. The van der Waals surface area contributed by atoms with Gasteiger partial charge in [-0.1, -0.05) is 36.0 Å². The standard InChI is InChI=1S/C21H19N3OS2/c1-2-11-24-20(25)18-16-9-5-6-10-17(16)27-19(18)23-21(24)26-13-15-8-4-3-7-14(15)12-22/h2-4,7-8H,1,5-6,9-11,13H2. The lowest BCUT2D eigenvalue weighted by atomic mass is 9.97. The molecule has 1 aliphatic carbocycles. The molecule has 4 rings (SSSR count). The van der Waals surface area contributed by atoms with Crippen LogP contribution >= 0.6 is 23.1 Å². The van der Waals surface area contributed by atoms with Crippen molar-refractivity contribution >= 4 is 33.3 Å². The average molecular weight is 394 g/mol. The quantitative estimate of drug-likeness (QED) is 0.359. The molecule has 0 atom stereocenters. The van der Waals surface area contributed by atoms with E-state index in [-0.39, 0.29) is 5.56 Å². The van der Waals surface area contributed by atoms with Crippen LogP contribution in [-0.2, 0) is 25.1 Å². The molecular formula is C21H19N3OS2. The molecule has 6 heteroatoms. The number of aromatic nitrogens is 2. The number of aryl methyl sites for hydroxylation is 2. The minimum absolute atomic E-state index is 0.0374. The Morgan fingerprint density at radius 2 is 2.15 bits per heavy atom. The monoisotopic (exact) mass is 393 g/mol. The van der Waals surface area contributed by atoms with Gasteiger partial charge in [0.05, 0.1) is 17.0 Å². The van der Waals surface area contributed by atoms with E-state index >= 15 is 0 Å². The molecule has 0 fully saturated rings. The number of benzene rings is 1. The zero-order valence-electron chi connectivity index (χ0n) is 14.9. The highest BCUT2D eigenvalue weighted by atomic mass is 32.2. The van der Waals surface area contributed by atoms with Gasteiger partial charge in [-0.25, -0.2) is 4.98 Å². The van der Waals surface area contributed by atoms with Crippen molar-refractivity contribution in [2.75, 3.05) is 0 Å². The molecule has 0 bridgehead atoms. The maximum atomic E-state index is 13.2. The highest BCUT2D eigenvalue weighted by molar-refractivity contribution is 7.98. The molecule has 0 saturated carbocycles. The van der Waals surface area contributed by atoms with Gasteiger partial charge in [-0.15, -0.1) is 17.9 Å². The number of nitriles is 1. The van der Waals surface area contributed by atoms with Gasteiger partial charge in [0, 0.05) is 17.2 Å². The normalized spacial score (nSPS) is 13.3. The Kier molecular flexibility index (Phi) is 5.15. The second-order valence-corrected chi connectivity index (χ2v) is 8.57. The van der Waals surface area contributed by atoms with Crippen molar-refractivity contribution in [3.8, 4) is 6.07 Å². The SMILES string of the molecule is C=CCn1c(SCc2ccccc2C#N)nc2sc3c(c2c1=O)CCCC3. The van der Waals surface area contributed by atoms with E-state index < -0.39 is 0 Å². The maximum Gasteiger partial charge on any atom is 0.263 e. The Labute approximate surface area is 166 Å². The highest BCUT2D eigenvalue weighted by Gasteiger charge is 2.22. The van der Waals surface area contributed by atoms with Gasteiger partial charge in [-0.3, -0.25) is 9.36 Å². The van der Waals surface area contributed by atoms with Crippen molar-refractivity contribution < 1.29 is 0 Å².